The van der Waals surface area contributed by atoms with Crippen molar-refractivity contribution in [3.63, 3.8) is 0 Å². The van der Waals surface area contributed by atoms with E-state index >= 15 is 0 Å². The van der Waals surface area contributed by atoms with E-state index in [1.807, 2.05) is 12.1 Å². The molecule has 1 aliphatic heterocycles. The molecule has 1 atom stereocenters. The number of nitrogens with one attached hydrogen (secondary N) is 1. The summed E-state index contributed by atoms with van der Waals surface area (Å²) in [7, 11) is 2.13. The van der Waals surface area contributed by atoms with Crippen LogP contribution in [0.1, 0.15) is 38.3 Å². The van der Waals surface area contributed by atoms with E-state index in [1.54, 1.807) is 0 Å². The Morgan fingerprint density at radius 2 is 1.86 bits per heavy atom. The van der Waals surface area contributed by atoms with Gasteiger partial charge in [-0.25, -0.2) is 0 Å². The summed E-state index contributed by atoms with van der Waals surface area (Å²) in [6, 6.07) is 8.08. The van der Waals surface area contributed by atoms with Gasteiger partial charge in [-0.2, -0.15) is 0 Å². The highest BCUT2D eigenvalue weighted by molar-refractivity contribution is 6.30. The molecule has 4 heteroatoms. The highest BCUT2D eigenvalue weighted by atomic mass is 35.5. The second kappa shape index (κ2) is 7.58. The standard InChI is InChI=1S/C18H27ClN2O/c1-14(2)12-21(3)17(15-4-6-16(19)7-5-15)18(13-22)8-10-20-11-9-18/h4-7,13-14,17,20H,8-12H2,1-3H3. The van der Waals surface area contributed by atoms with Crippen LogP contribution in [0, 0.1) is 11.3 Å². The lowest BCUT2D eigenvalue weighted by atomic mass is 9.71. The minimum atomic E-state index is -0.317. The molecule has 0 spiro atoms. The minimum absolute atomic E-state index is 0.103. The lowest BCUT2D eigenvalue weighted by molar-refractivity contribution is -0.122. The van der Waals surface area contributed by atoms with Crippen LogP contribution < -0.4 is 5.32 Å². The number of halogens is 1. The third-order valence-electron chi connectivity index (χ3n) is 4.59. The number of piperidine rings is 1. The smallest absolute Gasteiger partial charge is 0.128 e. The van der Waals surface area contributed by atoms with Crippen molar-refractivity contribution in [2.45, 2.75) is 32.7 Å². The Balaban J connectivity index is 2.39. The van der Waals surface area contributed by atoms with E-state index in [2.05, 4.69) is 43.2 Å². The second-order valence-corrected chi connectivity index (χ2v) is 7.32. The van der Waals surface area contributed by atoms with E-state index in [-0.39, 0.29) is 11.5 Å². The van der Waals surface area contributed by atoms with Crippen molar-refractivity contribution >= 4 is 17.9 Å². The summed E-state index contributed by atoms with van der Waals surface area (Å²) in [6.07, 6.45) is 2.96. The summed E-state index contributed by atoms with van der Waals surface area (Å²) in [4.78, 5) is 14.4. The molecule has 1 unspecified atom stereocenters. The van der Waals surface area contributed by atoms with Crippen LogP contribution in [0.5, 0.6) is 0 Å². The number of benzene rings is 1. The molecule has 0 aliphatic carbocycles. The predicted molar refractivity (Wildman–Crippen MR) is 92.3 cm³/mol. The van der Waals surface area contributed by atoms with Crippen LogP contribution in [-0.4, -0.2) is 37.9 Å². The fourth-order valence-corrected chi connectivity index (χ4v) is 3.83. The Morgan fingerprint density at radius 1 is 1.27 bits per heavy atom. The van der Waals surface area contributed by atoms with Gasteiger partial charge in [0.2, 0.25) is 0 Å². The minimum Gasteiger partial charge on any atom is -0.317 e. The Labute approximate surface area is 139 Å². The quantitative estimate of drug-likeness (QED) is 0.813. The van der Waals surface area contributed by atoms with Crippen LogP contribution in [0.2, 0.25) is 5.02 Å². The van der Waals surface area contributed by atoms with Crippen LogP contribution in [0.15, 0.2) is 24.3 Å². The number of nitrogens with zero attached hydrogens (tertiary/aromatic N) is 1. The first-order chi connectivity index (χ1) is 10.5. The molecule has 0 radical (unpaired) electrons. The molecule has 1 saturated heterocycles. The molecule has 1 heterocycles. The summed E-state index contributed by atoms with van der Waals surface area (Å²) in [5.74, 6) is 0.560. The van der Waals surface area contributed by atoms with Gasteiger partial charge in [0.05, 0.1) is 0 Å². The zero-order valence-corrected chi connectivity index (χ0v) is 14.6. The van der Waals surface area contributed by atoms with Crippen molar-refractivity contribution < 1.29 is 4.79 Å². The lowest BCUT2D eigenvalue weighted by Crippen LogP contribution is -2.47. The number of carbonyl (C=O) groups excluding carboxylic acids is 1. The molecule has 3 nitrogen and oxygen atoms in total. The summed E-state index contributed by atoms with van der Waals surface area (Å²) in [5, 5.41) is 4.11. The van der Waals surface area contributed by atoms with Gasteiger partial charge in [-0.05, 0) is 56.6 Å². The summed E-state index contributed by atoms with van der Waals surface area (Å²) in [5.41, 5.74) is 0.865. The van der Waals surface area contributed by atoms with E-state index in [9.17, 15) is 4.79 Å². The van der Waals surface area contributed by atoms with Gasteiger partial charge in [-0.1, -0.05) is 37.6 Å². The molecule has 0 aromatic heterocycles. The van der Waals surface area contributed by atoms with Crippen LogP contribution in [0.25, 0.3) is 0 Å². The van der Waals surface area contributed by atoms with Gasteiger partial charge in [0, 0.05) is 23.0 Å². The zero-order valence-electron chi connectivity index (χ0n) is 13.8. The number of rotatable bonds is 6. The van der Waals surface area contributed by atoms with Gasteiger partial charge in [0.1, 0.15) is 6.29 Å². The molecule has 1 fully saturated rings. The van der Waals surface area contributed by atoms with Crippen LogP contribution in [0.3, 0.4) is 0 Å². The molecule has 0 saturated carbocycles. The Hall–Kier alpha value is -0.900. The van der Waals surface area contributed by atoms with Crippen LogP contribution in [0.4, 0.5) is 0 Å². The van der Waals surface area contributed by atoms with Gasteiger partial charge in [-0.15, -0.1) is 0 Å². The monoisotopic (exact) mass is 322 g/mol. The van der Waals surface area contributed by atoms with E-state index in [4.69, 9.17) is 11.6 Å². The number of hydrogen-bond donors (Lipinski definition) is 1. The first kappa shape index (κ1) is 17.5. The van der Waals surface area contributed by atoms with Gasteiger partial charge in [0.15, 0.2) is 0 Å². The van der Waals surface area contributed by atoms with Crippen molar-refractivity contribution in [1.29, 1.82) is 0 Å². The van der Waals surface area contributed by atoms with E-state index in [1.165, 1.54) is 11.8 Å². The normalized spacial score (nSPS) is 19.4. The molecule has 0 amide bonds. The molecule has 1 aliphatic rings. The fourth-order valence-electron chi connectivity index (χ4n) is 3.70. The maximum Gasteiger partial charge on any atom is 0.128 e. The first-order valence-electron chi connectivity index (χ1n) is 8.11. The topological polar surface area (TPSA) is 32.3 Å². The average Bonchev–Trinajstić information content (AvgIpc) is 2.49. The lowest BCUT2D eigenvalue weighted by Gasteiger charge is -2.44. The average molecular weight is 323 g/mol. The maximum atomic E-state index is 12.1. The van der Waals surface area contributed by atoms with Crippen molar-refractivity contribution in [1.82, 2.24) is 10.2 Å². The molecular formula is C18H27ClN2O. The van der Waals surface area contributed by atoms with Crippen molar-refractivity contribution in [3.8, 4) is 0 Å². The fraction of sp³-hybridized carbons (Fsp3) is 0.611. The van der Waals surface area contributed by atoms with Gasteiger partial charge in [0.25, 0.3) is 0 Å². The molecule has 2 rings (SSSR count). The Bertz CT molecular complexity index is 480. The highest BCUT2D eigenvalue weighted by Gasteiger charge is 2.42. The van der Waals surface area contributed by atoms with Crippen molar-refractivity contribution in [3.05, 3.63) is 34.9 Å². The SMILES string of the molecule is CC(C)CN(C)C(c1ccc(Cl)cc1)C1(C=O)CCNCC1. The highest BCUT2D eigenvalue weighted by Crippen LogP contribution is 2.43. The Morgan fingerprint density at radius 3 is 2.36 bits per heavy atom. The van der Waals surface area contributed by atoms with E-state index < -0.39 is 0 Å². The number of hydrogen-bond acceptors (Lipinski definition) is 3. The van der Waals surface area contributed by atoms with Crippen LogP contribution >= 0.6 is 11.6 Å². The van der Waals surface area contributed by atoms with Gasteiger partial charge in [-0.3, -0.25) is 4.90 Å². The molecular weight excluding hydrogens is 296 g/mol. The van der Waals surface area contributed by atoms with Crippen LogP contribution in [-0.2, 0) is 4.79 Å². The third-order valence-corrected chi connectivity index (χ3v) is 4.85. The third kappa shape index (κ3) is 3.89. The van der Waals surface area contributed by atoms with E-state index in [0.717, 1.165) is 37.5 Å². The predicted octanol–water partition coefficient (Wildman–Crippen LogP) is 3.54. The first-order valence-corrected chi connectivity index (χ1v) is 8.49. The second-order valence-electron chi connectivity index (χ2n) is 6.89. The Kier molecular flexibility index (Phi) is 6.01. The molecule has 1 N–H and O–H groups in total. The maximum absolute atomic E-state index is 12.1. The van der Waals surface area contributed by atoms with Crippen molar-refractivity contribution in [2.24, 2.45) is 11.3 Å². The summed E-state index contributed by atoms with van der Waals surface area (Å²) in [6.45, 7) is 7.20. The largest absolute Gasteiger partial charge is 0.317 e. The summed E-state index contributed by atoms with van der Waals surface area (Å²) >= 11 is 6.04. The van der Waals surface area contributed by atoms with Gasteiger partial charge < -0.3 is 10.1 Å². The number of carbonyl (C=O) groups is 1. The van der Waals surface area contributed by atoms with E-state index in [0.29, 0.717) is 5.92 Å². The molecule has 1 aromatic rings. The van der Waals surface area contributed by atoms with Gasteiger partial charge >= 0.3 is 0 Å². The zero-order chi connectivity index (χ0) is 16.2. The number of aldehydes is 1. The summed E-state index contributed by atoms with van der Waals surface area (Å²) < 4.78 is 0. The molecule has 22 heavy (non-hydrogen) atoms. The molecule has 1 aromatic carbocycles. The molecule has 122 valence electrons. The van der Waals surface area contributed by atoms with Crippen molar-refractivity contribution in [2.75, 3.05) is 26.7 Å². The molecule has 0 bridgehead atoms.